The van der Waals surface area contributed by atoms with E-state index in [9.17, 15) is 4.79 Å². The second kappa shape index (κ2) is 10.3. The molecule has 1 amide bonds. The molecule has 0 heterocycles. The van der Waals surface area contributed by atoms with Crippen molar-refractivity contribution in [3.63, 3.8) is 0 Å². The Hall–Kier alpha value is -3.27. The molecule has 0 radical (unpaired) electrons. The van der Waals surface area contributed by atoms with E-state index in [0.29, 0.717) is 18.0 Å². The number of carbonyl (C=O) groups is 1. The van der Waals surface area contributed by atoms with E-state index >= 15 is 0 Å². The van der Waals surface area contributed by atoms with Crippen LogP contribution < -0.4 is 14.8 Å². The molecule has 29 heavy (non-hydrogen) atoms. The van der Waals surface area contributed by atoms with E-state index in [1.807, 2.05) is 61.5 Å². The molecule has 4 heteroatoms. The van der Waals surface area contributed by atoms with Crippen molar-refractivity contribution in [1.82, 2.24) is 0 Å². The van der Waals surface area contributed by atoms with Crippen molar-refractivity contribution >= 4 is 11.6 Å². The Morgan fingerprint density at radius 3 is 2.24 bits per heavy atom. The van der Waals surface area contributed by atoms with E-state index in [2.05, 4.69) is 29.6 Å². The molecule has 1 atom stereocenters. The van der Waals surface area contributed by atoms with Gasteiger partial charge in [0.2, 0.25) is 0 Å². The average molecular weight is 389 g/mol. The summed E-state index contributed by atoms with van der Waals surface area (Å²) in [5, 5.41) is 2.87. The molecular weight excluding hydrogens is 362 g/mol. The van der Waals surface area contributed by atoms with Crippen molar-refractivity contribution in [1.29, 1.82) is 0 Å². The molecule has 1 N–H and O–H groups in total. The van der Waals surface area contributed by atoms with Crippen molar-refractivity contribution in [2.45, 2.75) is 32.8 Å². The predicted molar refractivity (Wildman–Crippen MR) is 117 cm³/mol. The van der Waals surface area contributed by atoms with Gasteiger partial charge in [-0.3, -0.25) is 4.79 Å². The molecule has 0 aliphatic heterocycles. The third-order valence-corrected chi connectivity index (χ3v) is 4.55. The third kappa shape index (κ3) is 6.68. The molecule has 4 nitrogen and oxygen atoms in total. The van der Waals surface area contributed by atoms with Crippen LogP contribution in [-0.2, 0) is 11.2 Å². The molecule has 0 aliphatic carbocycles. The fraction of sp³-hybridized carbons (Fsp3) is 0.240. The highest BCUT2D eigenvalue weighted by atomic mass is 16.5. The van der Waals surface area contributed by atoms with Crippen molar-refractivity contribution in [3.05, 3.63) is 90.0 Å². The Morgan fingerprint density at radius 2 is 1.55 bits per heavy atom. The minimum atomic E-state index is -0.591. The van der Waals surface area contributed by atoms with Gasteiger partial charge in [0.25, 0.3) is 5.91 Å². The summed E-state index contributed by atoms with van der Waals surface area (Å²) in [6, 6.07) is 25.4. The Kier molecular flexibility index (Phi) is 7.28. The largest absolute Gasteiger partial charge is 0.494 e. The second-order valence-electron chi connectivity index (χ2n) is 7.02. The number of rotatable bonds is 9. The summed E-state index contributed by atoms with van der Waals surface area (Å²) in [6.45, 7) is 4.40. The van der Waals surface area contributed by atoms with E-state index in [1.165, 1.54) is 5.56 Å². The molecule has 3 aromatic rings. The maximum atomic E-state index is 12.3. The van der Waals surface area contributed by atoms with Crippen LogP contribution >= 0.6 is 0 Å². The fourth-order valence-electron chi connectivity index (χ4n) is 2.86. The smallest absolute Gasteiger partial charge is 0.265 e. The van der Waals surface area contributed by atoms with Crippen LogP contribution in [0.3, 0.4) is 0 Å². The number of anilines is 1. The number of carbonyl (C=O) groups excluding carboxylic acids is 1. The van der Waals surface area contributed by atoms with Crippen molar-refractivity contribution in [2.24, 2.45) is 0 Å². The van der Waals surface area contributed by atoms with Gasteiger partial charge in [0.1, 0.15) is 11.5 Å². The van der Waals surface area contributed by atoms with Crippen LogP contribution in [0.4, 0.5) is 5.69 Å². The van der Waals surface area contributed by atoms with Crippen LogP contribution in [-0.4, -0.2) is 18.6 Å². The summed E-state index contributed by atoms with van der Waals surface area (Å²) >= 11 is 0. The first-order chi connectivity index (χ1) is 14.1. The van der Waals surface area contributed by atoms with Gasteiger partial charge >= 0.3 is 0 Å². The minimum Gasteiger partial charge on any atom is -0.494 e. The van der Waals surface area contributed by atoms with Gasteiger partial charge < -0.3 is 14.8 Å². The molecule has 0 aliphatic rings. The monoisotopic (exact) mass is 389 g/mol. The van der Waals surface area contributed by atoms with E-state index in [1.54, 1.807) is 6.92 Å². The zero-order chi connectivity index (χ0) is 20.5. The van der Waals surface area contributed by atoms with Crippen LogP contribution in [0.5, 0.6) is 11.5 Å². The first-order valence-electron chi connectivity index (χ1n) is 9.91. The van der Waals surface area contributed by atoms with Crippen molar-refractivity contribution in [2.75, 3.05) is 11.9 Å². The van der Waals surface area contributed by atoms with Crippen LogP contribution in [0, 0.1) is 6.92 Å². The van der Waals surface area contributed by atoms with E-state index in [-0.39, 0.29) is 5.91 Å². The average Bonchev–Trinajstić information content (AvgIpc) is 2.74. The molecule has 0 aromatic heterocycles. The Labute approximate surface area is 172 Å². The molecule has 0 fully saturated rings. The lowest BCUT2D eigenvalue weighted by Crippen LogP contribution is -2.30. The Balaban J connectivity index is 1.42. The highest BCUT2D eigenvalue weighted by Crippen LogP contribution is 2.18. The first kappa shape index (κ1) is 20.5. The van der Waals surface area contributed by atoms with E-state index < -0.39 is 6.10 Å². The van der Waals surface area contributed by atoms with Gasteiger partial charge in [0.15, 0.2) is 6.10 Å². The number of aryl methyl sites for hydroxylation is 2. The summed E-state index contributed by atoms with van der Waals surface area (Å²) in [6.07, 6.45) is 1.36. The van der Waals surface area contributed by atoms with Crippen LogP contribution in [0.2, 0.25) is 0 Å². The molecule has 0 saturated heterocycles. The second-order valence-corrected chi connectivity index (χ2v) is 7.02. The Bertz CT molecular complexity index is 890. The SMILES string of the molecule is Cc1ccc(OC(C)C(=O)Nc2ccc(OCCCc3ccccc3)cc2)cc1. The lowest BCUT2D eigenvalue weighted by molar-refractivity contribution is -0.122. The molecule has 1 unspecified atom stereocenters. The molecule has 3 rings (SSSR count). The molecule has 3 aromatic carbocycles. The molecule has 0 saturated carbocycles. The topological polar surface area (TPSA) is 47.6 Å². The summed E-state index contributed by atoms with van der Waals surface area (Å²) in [5.41, 5.74) is 3.18. The standard InChI is InChI=1S/C25H27NO3/c1-19-10-14-24(15-11-19)29-20(2)25(27)26-22-12-16-23(17-13-22)28-18-6-9-21-7-4-3-5-8-21/h3-5,7-8,10-17,20H,6,9,18H2,1-2H3,(H,26,27). The predicted octanol–water partition coefficient (Wildman–Crippen LogP) is 5.41. The number of hydrogen-bond acceptors (Lipinski definition) is 3. The number of ether oxygens (including phenoxy) is 2. The van der Waals surface area contributed by atoms with Gasteiger partial charge in [0, 0.05) is 5.69 Å². The number of nitrogens with one attached hydrogen (secondary N) is 1. The minimum absolute atomic E-state index is 0.192. The van der Waals surface area contributed by atoms with Crippen LogP contribution in [0.25, 0.3) is 0 Å². The summed E-state index contributed by atoms with van der Waals surface area (Å²) in [4.78, 5) is 12.3. The van der Waals surface area contributed by atoms with Crippen molar-refractivity contribution in [3.8, 4) is 11.5 Å². The highest BCUT2D eigenvalue weighted by molar-refractivity contribution is 5.94. The summed E-state index contributed by atoms with van der Waals surface area (Å²) in [5.74, 6) is 1.28. The normalized spacial score (nSPS) is 11.5. The van der Waals surface area contributed by atoms with Gasteiger partial charge in [-0.1, -0.05) is 48.0 Å². The highest BCUT2D eigenvalue weighted by Gasteiger charge is 2.14. The van der Waals surface area contributed by atoms with Gasteiger partial charge in [-0.15, -0.1) is 0 Å². The van der Waals surface area contributed by atoms with Gasteiger partial charge in [-0.05, 0) is 68.7 Å². The molecule has 0 bridgehead atoms. The Morgan fingerprint density at radius 1 is 0.897 bits per heavy atom. The number of amides is 1. The van der Waals surface area contributed by atoms with Crippen LogP contribution in [0.15, 0.2) is 78.9 Å². The van der Waals surface area contributed by atoms with E-state index in [0.717, 1.165) is 24.2 Å². The fourth-order valence-corrected chi connectivity index (χ4v) is 2.86. The summed E-state index contributed by atoms with van der Waals surface area (Å²) in [7, 11) is 0. The molecule has 150 valence electrons. The van der Waals surface area contributed by atoms with Gasteiger partial charge in [-0.25, -0.2) is 0 Å². The third-order valence-electron chi connectivity index (χ3n) is 4.55. The lowest BCUT2D eigenvalue weighted by Gasteiger charge is -2.15. The lowest BCUT2D eigenvalue weighted by atomic mass is 10.1. The quantitative estimate of drug-likeness (QED) is 0.498. The molecular formula is C25H27NO3. The van der Waals surface area contributed by atoms with Gasteiger partial charge in [-0.2, -0.15) is 0 Å². The zero-order valence-electron chi connectivity index (χ0n) is 16.9. The maximum Gasteiger partial charge on any atom is 0.265 e. The van der Waals surface area contributed by atoms with Crippen molar-refractivity contribution < 1.29 is 14.3 Å². The van der Waals surface area contributed by atoms with Crippen LogP contribution in [0.1, 0.15) is 24.5 Å². The zero-order valence-corrected chi connectivity index (χ0v) is 16.9. The summed E-state index contributed by atoms with van der Waals surface area (Å²) < 4.78 is 11.5. The van der Waals surface area contributed by atoms with E-state index in [4.69, 9.17) is 9.47 Å². The number of hydrogen-bond donors (Lipinski definition) is 1. The number of benzene rings is 3. The molecule has 0 spiro atoms. The van der Waals surface area contributed by atoms with Gasteiger partial charge in [0.05, 0.1) is 6.61 Å². The first-order valence-corrected chi connectivity index (χ1v) is 9.91. The maximum absolute atomic E-state index is 12.3.